The Morgan fingerprint density at radius 3 is 2.28 bits per heavy atom. The topological polar surface area (TPSA) is 54.5 Å². The van der Waals surface area contributed by atoms with Crippen molar-refractivity contribution in [2.75, 3.05) is 19.0 Å². The van der Waals surface area contributed by atoms with Crippen molar-refractivity contribution in [3.63, 3.8) is 0 Å². The molecule has 4 nitrogen and oxygen atoms in total. The van der Waals surface area contributed by atoms with Gasteiger partial charge in [-0.05, 0) is 30.3 Å². The first-order chi connectivity index (χ1) is 13.7. The van der Waals surface area contributed by atoms with Crippen LogP contribution < -0.4 is 10.7 Å². The summed E-state index contributed by atoms with van der Waals surface area (Å²) in [6, 6.07) is 15.9. The highest BCUT2D eigenvalue weighted by Crippen LogP contribution is 2.34. The number of alkyl halides is 3. The van der Waals surface area contributed by atoms with E-state index in [2.05, 4.69) is 10.1 Å². The first-order valence-electron chi connectivity index (χ1n) is 8.60. The minimum absolute atomic E-state index is 0.206. The molecule has 0 saturated heterocycles. The Kier molecular flexibility index (Phi) is 5.79. The second kappa shape index (κ2) is 8.13. The molecule has 0 aliphatic rings. The molecule has 3 rings (SSSR count). The molecule has 2 N–H and O–H groups in total. The minimum Gasteiger partial charge on any atom is -0.363 e. The maximum Gasteiger partial charge on any atom is 0.416 e. The number of nitrogens with zero attached hydrogens (tertiary/aromatic N) is 3. The first kappa shape index (κ1) is 20.7. The van der Waals surface area contributed by atoms with Gasteiger partial charge >= 0.3 is 6.18 Å². The Bertz CT molecular complexity index is 1040. The number of nitrogens with two attached hydrogens (primary N) is 1. The van der Waals surface area contributed by atoms with Gasteiger partial charge in [-0.25, -0.2) is 4.98 Å². The van der Waals surface area contributed by atoms with Gasteiger partial charge in [0.05, 0.1) is 17.0 Å². The molecule has 0 spiro atoms. The predicted octanol–water partition coefficient (Wildman–Crippen LogP) is 5.20. The zero-order valence-corrected chi connectivity index (χ0v) is 16.5. The number of pyridine rings is 1. The number of anilines is 1. The molecule has 0 saturated carbocycles. The zero-order chi connectivity index (χ0) is 21.2. The third kappa shape index (κ3) is 4.68. The second-order valence-corrected chi connectivity index (χ2v) is 6.99. The highest BCUT2D eigenvalue weighted by Gasteiger charge is 2.32. The van der Waals surface area contributed by atoms with E-state index < -0.39 is 11.7 Å². The Labute approximate surface area is 171 Å². The van der Waals surface area contributed by atoms with E-state index in [9.17, 15) is 13.2 Å². The molecular formula is C21H18ClF3N4. The minimum atomic E-state index is -4.48. The molecule has 150 valence electrons. The van der Waals surface area contributed by atoms with E-state index in [1.54, 1.807) is 62.6 Å². The van der Waals surface area contributed by atoms with Crippen LogP contribution in [0, 0.1) is 0 Å². The van der Waals surface area contributed by atoms with Crippen LogP contribution in [0.4, 0.5) is 19.0 Å². The number of hydrazone groups is 1. The maximum atomic E-state index is 13.4. The average Bonchev–Trinajstić information content (AvgIpc) is 2.69. The summed E-state index contributed by atoms with van der Waals surface area (Å²) >= 11 is 5.93. The lowest BCUT2D eigenvalue weighted by Gasteiger charge is -2.16. The molecule has 29 heavy (non-hydrogen) atoms. The van der Waals surface area contributed by atoms with E-state index in [1.807, 2.05) is 0 Å². The van der Waals surface area contributed by atoms with Crippen molar-refractivity contribution < 1.29 is 13.2 Å². The summed E-state index contributed by atoms with van der Waals surface area (Å²) in [5.41, 5.74) is 1.84. The van der Waals surface area contributed by atoms with Gasteiger partial charge in [0.1, 0.15) is 5.82 Å². The van der Waals surface area contributed by atoms with E-state index in [1.165, 1.54) is 4.90 Å². The van der Waals surface area contributed by atoms with Gasteiger partial charge in [-0.1, -0.05) is 41.9 Å². The molecule has 0 atom stereocenters. The van der Waals surface area contributed by atoms with Crippen LogP contribution in [0.5, 0.6) is 0 Å². The Morgan fingerprint density at radius 2 is 1.69 bits per heavy atom. The van der Waals surface area contributed by atoms with Crippen molar-refractivity contribution in [3.05, 3.63) is 82.4 Å². The maximum absolute atomic E-state index is 13.4. The third-order valence-corrected chi connectivity index (χ3v) is 4.53. The summed E-state index contributed by atoms with van der Waals surface area (Å²) in [5.74, 6) is 5.81. The molecule has 0 radical (unpaired) electrons. The van der Waals surface area contributed by atoms with Crippen molar-refractivity contribution in [1.29, 1.82) is 0 Å². The van der Waals surface area contributed by atoms with E-state index in [0.717, 1.165) is 17.7 Å². The standard InChI is InChI=1S/C21H18ClF3N4/c1-29(2)19-12-16(21(23,24)25)11-18(27-19)14-4-3-5-15(10-14)20(28-26)13-6-8-17(22)9-7-13/h3-12H,26H2,1-2H3/b28-20+. The SMILES string of the molecule is CN(C)c1cc(C(F)(F)F)cc(-c2cccc(/C(=N/N)c3ccc(Cl)cc3)c2)n1. The van der Waals surface area contributed by atoms with Crippen LogP contribution in [0.2, 0.25) is 5.02 Å². The van der Waals surface area contributed by atoms with E-state index in [4.69, 9.17) is 17.4 Å². The predicted molar refractivity (Wildman–Crippen MR) is 110 cm³/mol. The molecule has 8 heteroatoms. The van der Waals surface area contributed by atoms with E-state index in [-0.39, 0.29) is 11.5 Å². The molecule has 0 aliphatic heterocycles. The van der Waals surface area contributed by atoms with Crippen LogP contribution in [0.3, 0.4) is 0 Å². The van der Waals surface area contributed by atoms with Crippen molar-refractivity contribution in [2.24, 2.45) is 10.9 Å². The molecule has 2 aromatic carbocycles. The highest BCUT2D eigenvalue weighted by atomic mass is 35.5. The number of benzene rings is 2. The molecular weight excluding hydrogens is 401 g/mol. The summed E-state index contributed by atoms with van der Waals surface area (Å²) in [5, 5.41) is 4.43. The summed E-state index contributed by atoms with van der Waals surface area (Å²) in [4.78, 5) is 5.90. The van der Waals surface area contributed by atoms with Crippen LogP contribution in [0.25, 0.3) is 11.3 Å². The summed E-state index contributed by atoms with van der Waals surface area (Å²) in [6.45, 7) is 0. The fraction of sp³-hybridized carbons (Fsp3) is 0.143. The Balaban J connectivity index is 2.10. The number of hydrogen-bond donors (Lipinski definition) is 1. The van der Waals surface area contributed by atoms with Crippen LogP contribution in [-0.2, 0) is 6.18 Å². The van der Waals surface area contributed by atoms with Gasteiger partial charge in [0.25, 0.3) is 0 Å². The molecule has 1 heterocycles. The summed E-state index contributed by atoms with van der Waals surface area (Å²) in [7, 11) is 3.28. The summed E-state index contributed by atoms with van der Waals surface area (Å²) in [6.07, 6.45) is -4.48. The Hall–Kier alpha value is -3.06. The molecule has 0 amide bonds. The third-order valence-electron chi connectivity index (χ3n) is 4.28. The number of aromatic nitrogens is 1. The van der Waals surface area contributed by atoms with Gasteiger partial charge in [-0.15, -0.1) is 0 Å². The second-order valence-electron chi connectivity index (χ2n) is 6.56. The largest absolute Gasteiger partial charge is 0.416 e. The number of rotatable bonds is 4. The lowest BCUT2D eigenvalue weighted by molar-refractivity contribution is -0.137. The van der Waals surface area contributed by atoms with Crippen molar-refractivity contribution in [2.45, 2.75) is 6.18 Å². The van der Waals surface area contributed by atoms with Crippen molar-refractivity contribution in [1.82, 2.24) is 4.98 Å². The van der Waals surface area contributed by atoms with Crippen molar-refractivity contribution in [3.8, 4) is 11.3 Å². The fourth-order valence-electron chi connectivity index (χ4n) is 2.81. The lowest BCUT2D eigenvalue weighted by atomic mass is 9.99. The van der Waals surface area contributed by atoms with Crippen LogP contribution in [0.1, 0.15) is 16.7 Å². The quantitative estimate of drug-likeness (QED) is 0.360. The van der Waals surface area contributed by atoms with Gasteiger partial charge in [-0.2, -0.15) is 18.3 Å². The Morgan fingerprint density at radius 1 is 1.00 bits per heavy atom. The van der Waals surface area contributed by atoms with Crippen LogP contribution >= 0.6 is 11.6 Å². The van der Waals surface area contributed by atoms with Gasteiger partial charge in [0.2, 0.25) is 0 Å². The van der Waals surface area contributed by atoms with Crippen molar-refractivity contribution >= 4 is 23.1 Å². The van der Waals surface area contributed by atoms with Gasteiger partial charge < -0.3 is 10.7 Å². The van der Waals surface area contributed by atoms with E-state index >= 15 is 0 Å². The highest BCUT2D eigenvalue weighted by molar-refractivity contribution is 6.30. The average molecular weight is 419 g/mol. The summed E-state index contributed by atoms with van der Waals surface area (Å²) < 4.78 is 40.1. The molecule has 1 aromatic heterocycles. The molecule has 0 bridgehead atoms. The van der Waals surface area contributed by atoms with Gasteiger partial charge in [0.15, 0.2) is 0 Å². The van der Waals surface area contributed by atoms with E-state index in [0.29, 0.717) is 21.9 Å². The lowest BCUT2D eigenvalue weighted by Crippen LogP contribution is -2.14. The number of hydrogen-bond acceptors (Lipinski definition) is 4. The van der Waals surface area contributed by atoms with Gasteiger partial charge in [0, 0.05) is 35.8 Å². The van der Waals surface area contributed by atoms with Gasteiger partial charge in [-0.3, -0.25) is 0 Å². The molecule has 3 aromatic rings. The van der Waals surface area contributed by atoms with Crippen LogP contribution in [0.15, 0.2) is 65.8 Å². The number of halogens is 4. The molecule has 0 aliphatic carbocycles. The molecule has 0 unspecified atom stereocenters. The smallest absolute Gasteiger partial charge is 0.363 e. The normalized spacial score (nSPS) is 12.1. The fourth-order valence-corrected chi connectivity index (χ4v) is 2.93. The monoisotopic (exact) mass is 418 g/mol. The molecule has 0 fully saturated rings. The zero-order valence-electron chi connectivity index (χ0n) is 15.7. The van der Waals surface area contributed by atoms with Crippen LogP contribution in [-0.4, -0.2) is 24.8 Å². The first-order valence-corrected chi connectivity index (χ1v) is 8.98.